The number of methoxy groups -OCH3 is 1. The molecule has 0 aliphatic carbocycles. The van der Waals surface area contributed by atoms with E-state index in [4.69, 9.17) is 30.5 Å². The van der Waals surface area contributed by atoms with Crippen molar-refractivity contribution < 1.29 is 28.5 Å². The van der Waals surface area contributed by atoms with Crippen LogP contribution in [0.3, 0.4) is 0 Å². The van der Waals surface area contributed by atoms with Gasteiger partial charge in [0.15, 0.2) is 23.0 Å². The Balaban J connectivity index is 1.35. The number of thioether (sulfide) groups is 1. The second-order valence-electron chi connectivity index (χ2n) is 7.71. The molecular formula is C25H18BrClN2O6S. The Morgan fingerprint density at radius 2 is 2.00 bits per heavy atom. The molecule has 2 aliphatic heterocycles. The van der Waals surface area contributed by atoms with E-state index in [1.165, 1.54) is 7.11 Å². The predicted molar refractivity (Wildman–Crippen MR) is 138 cm³/mol. The van der Waals surface area contributed by atoms with Gasteiger partial charge < -0.3 is 18.9 Å². The Morgan fingerprint density at radius 1 is 1.19 bits per heavy atom. The third kappa shape index (κ3) is 5.02. The van der Waals surface area contributed by atoms with Gasteiger partial charge in [-0.05, 0) is 75.2 Å². The molecule has 0 bridgehead atoms. The summed E-state index contributed by atoms with van der Waals surface area (Å²) in [6, 6.07) is 12.4. The lowest BCUT2D eigenvalue weighted by molar-refractivity contribution is -0.123. The van der Waals surface area contributed by atoms with Crippen LogP contribution in [-0.4, -0.2) is 34.9 Å². The number of rotatable bonds is 7. The van der Waals surface area contributed by atoms with E-state index in [0.717, 1.165) is 22.4 Å². The number of benzene rings is 2. The summed E-state index contributed by atoms with van der Waals surface area (Å²) in [6.07, 6.45) is 3.34. The van der Waals surface area contributed by atoms with E-state index in [0.29, 0.717) is 43.6 Å². The number of carbonyl (C=O) groups is 2. The molecule has 0 unspecified atom stereocenters. The number of fused-ring (bicyclic) bond motifs is 1. The van der Waals surface area contributed by atoms with Crippen molar-refractivity contribution in [3.63, 3.8) is 0 Å². The van der Waals surface area contributed by atoms with Crippen molar-refractivity contribution >= 4 is 56.5 Å². The lowest BCUT2D eigenvalue weighted by Crippen LogP contribution is -2.27. The molecule has 36 heavy (non-hydrogen) atoms. The zero-order chi connectivity index (χ0) is 25.2. The maximum atomic E-state index is 13.1. The van der Waals surface area contributed by atoms with Crippen molar-refractivity contribution in [2.75, 3.05) is 13.9 Å². The summed E-state index contributed by atoms with van der Waals surface area (Å²) in [5.41, 5.74) is 2.02. The van der Waals surface area contributed by atoms with Gasteiger partial charge in [0.1, 0.15) is 6.61 Å². The van der Waals surface area contributed by atoms with Crippen LogP contribution in [0.25, 0.3) is 6.08 Å². The van der Waals surface area contributed by atoms with Crippen LogP contribution in [0.5, 0.6) is 23.0 Å². The van der Waals surface area contributed by atoms with Gasteiger partial charge in [-0.25, -0.2) is 0 Å². The highest BCUT2D eigenvalue weighted by Gasteiger charge is 2.36. The van der Waals surface area contributed by atoms with E-state index < -0.39 is 5.91 Å². The Bertz CT molecular complexity index is 1380. The standard InChI is InChI=1S/C25H18BrClN2O6S/c1-32-21-7-14(6-17(26)23(21)33-12-16-4-2-3-5-28-16)8-22-24(30)29(25(31)36-22)11-15-9-19-20(10-18(15)27)35-13-34-19/h2-10H,11-13H2,1H3/b22-8-. The number of hydrogen-bond donors (Lipinski definition) is 0. The van der Waals surface area contributed by atoms with Crippen LogP contribution in [0.1, 0.15) is 16.8 Å². The monoisotopic (exact) mass is 588 g/mol. The number of hydrogen-bond acceptors (Lipinski definition) is 8. The molecule has 0 radical (unpaired) electrons. The van der Waals surface area contributed by atoms with Crippen LogP contribution >= 0.6 is 39.3 Å². The molecule has 0 spiro atoms. The fraction of sp³-hybridized carbons (Fsp3) is 0.160. The van der Waals surface area contributed by atoms with Crippen molar-refractivity contribution in [1.82, 2.24) is 9.88 Å². The van der Waals surface area contributed by atoms with Crippen molar-refractivity contribution in [1.29, 1.82) is 0 Å². The molecule has 0 saturated carbocycles. The molecule has 11 heteroatoms. The smallest absolute Gasteiger partial charge is 0.293 e. The highest BCUT2D eigenvalue weighted by atomic mass is 79.9. The molecule has 2 aromatic carbocycles. The molecule has 3 aromatic rings. The molecule has 1 aromatic heterocycles. The maximum Gasteiger partial charge on any atom is 0.293 e. The topological polar surface area (TPSA) is 87.2 Å². The summed E-state index contributed by atoms with van der Waals surface area (Å²) in [7, 11) is 1.53. The van der Waals surface area contributed by atoms with Gasteiger partial charge >= 0.3 is 0 Å². The highest BCUT2D eigenvalue weighted by Crippen LogP contribution is 2.41. The minimum absolute atomic E-state index is 0.0186. The fourth-order valence-corrected chi connectivity index (χ4v) is 5.26. The first-order valence-corrected chi connectivity index (χ1v) is 12.7. The Kier molecular flexibility index (Phi) is 7.08. The first-order chi connectivity index (χ1) is 17.4. The number of imide groups is 1. The summed E-state index contributed by atoms with van der Waals surface area (Å²) >= 11 is 10.7. The van der Waals surface area contributed by atoms with Crippen LogP contribution in [0, 0.1) is 0 Å². The number of ether oxygens (including phenoxy) is 4. The Morgan fingerprint density at radius 3 is 2.75 bits per heavy atom. The summed E-state index contributed by atoms with van der Waals surface area (Å²) < 4.78 is 22.7. The Hall–Kier alpha value is -3.21. The van der Waals surface area contributed by atoms with Gasteiger partial charge in [-0.15, -0.1) is 0 Å². The lowest BCUT2D eigenvalue weighted by Gasteiger charge is -2.14. The lowest BCUT2D eigenvalue weighted by atomic mass is 10.1. The van der Waals surface area contributed by atoms with Crippen molar-refractivity contribution in [2.24, 2.45) is 0 Å². The fourth-order valence-electron chi connectivity index (χ4n) is 3.63. The first-order valence-electron chi connectivity index (χ1n) is 10.7. The Labute approximate surface area is 224 Å². The van der Waals surface area contributed by atoms with Crippen molar-refractivity contribution in [2.45, 2.75) is 13.2 Å². The van der Waals surface area contributed by atoms with Gasteiger partial charge in [0.2, 0.25) is 6.79 Å². The van der Waals surface area contributed by atoms with Gasteiger partial charge in [-0.3, -0.25) is 19.5 Å². The number of pyridine rings is 1. The summed E-state index contributed by atoms with van der Waals surface area (Å²) in [5.74, 6) is 1.62. The maximum absolute atomic E-state index is 13.1. The molecule has 1 fully saturated rings. The van der Waals surface area contributed by atoms with Crippen LogP contribution in [0.15, 0.2) is 58.0 Å². The van der Waals surface area contributed by atoms with Crippen LogP contribution in [0.2, 0.25) is 5.02 Å². The van der Waals surface area contributed by atoms with Crippen molar-refractivity contribution in [3.8, 4) is 23.0 Å². The van der Waals surface area contributed by atoms with Crippen LogP contribution in [0.4, 0.5) is 4.79 Å². The van der Waals surface area contributed by atoms with E-state index in [2.05, 4.69) is 20.9 Å². The average molecular weight is 590 g/mol. The molecule has 8 nitrogen and oxygen atoms in total. The molecular weight excluding hydrogens is 572 g/mol. The largest absolute Gasteiger partial charge is 0.493 e. The molecule has 0 atom stereocenters. The number of aromatic nitrogens is 1. The summed E-state index contributed by atoms with van der Waals surface area (Å²) in [5, 5.41) is -0.00133. The molecule has 5 rings (SSSR count). The minimum Gasteiger partial charge on any atom is -0.493 e. The van der Waals surface area contributed by atoms with Crippen LogP contribution < -0.4 is 18.9 Å². The van der Waals surface area contributed by atoms with Crippen LogP contribution in [-0.2, 0) is 17.9 Å². The molecule has 2 aliphatic rings. The van der Waals surface area contributed by atoms with Gasteiger partial charge in [0, 0.05) is 17.3 Å². The summed E-state index contributed by atoms with van der Waals surface area (Å²) in [6.45, 7) is 0.382. The zero-order valence-electron chi connectivity index (χ0n) is 18.8. The van der Waals surface area contributed by atoms with E-state index in [1.54, 1.807) is 36.5 Å². The van der Waals surface area contributed by atoms with Gasteiger partial charge in [0.05, 0.1) is 28.7 Å². The quantitative estimate of drug-likeness (QED) is 0.308. The highest BCUT2D eigenvalue weighted by molar-refractivity contribution is 9.10. The molecule has 3 heterocycles. The van der Waals surface area contributed by atoms with E-state index >= 15 is 0 Å². The van der Waals surface area contributed by atoms with Gasteiger partial charge in [-0.1, -0.05) is 17.7 Å². The third-order valence-electron chi connectivity index (χ3n) is 5.38. The number of carbonyl (C=O) groups excluding carboxylic acids is 2. The average Bonchev–Trinajstić information content (AvgIpc) is 3.42. The summed E-state index contributed by atoms with van der Waals surface area (Å²) in [4.78, 5) is 31.4. The van der Waals surface area contributed by atoms with E-state index in [9.17, 15) is 9.59 Å². The number of nitrogens with zero attached hydrogens (tertiary/aromatic N) is 2. The number of amides is 2. The normalized spacial score (nSPS) is 15.6. The molecule has 184 valence electrons. The SMILES string of the molecule is COc1cc(/C=C2\SC(=O)N(Cc3cc4c(cc3Cl)OCO4)C2=O)cc(Br)c1OCc1ccccn1. The predicted octanol–water partition coefficient (Wildman–Crippen LogP) is 6.05. The molecule has 1 saturated heterocycles. The second kappa shape index (κ2) is 10.4. The first kappa shape index (κ1) is 24.5. The van der Waals surface area contributed by atoms with Gasteiger partial charge in [-0.2, -0.15) is 0 Å². The van der Waals surface area contributed by atoms with E-state index in [-0.39, 0.29) is 30.1 Å². The second-order valence-corrected chi connectivity index (χ2v) is 9.96. The molecule has 0 N–H and O–H groups in total. The van der Waals surface area contributed by atoms with Gasteiger partial charge in [0.25, 0.3) is 11.1 Å². The number of halogens is 2. The third-order valence-corrected chi connectivity index (χ3v) is 7.23. The minimum atomic E-state index is -0.413. The zero-order valence-corrected chi connectivity index (χ0v) is 22.0. The molecule has 2 amide bonds. The van der Waals surface area contributed by atoms with E-state index in [1.807, 2.05) is 18.2 Å². The van der Waals surface area contributed by atoms with Crippen molar-refractivity contribution in [3.05, 3.63) is 79.9 Å².